The molecule has 0 aliphatic rings. The van der Waals surface area contributed by atoms with Crippen LogP contribution in [0, 0.1) is 0 Å². The summed E-state index contributed by atoms with van der Waals surface area (Å²) in [6, 6.07) is 1.93. The molecule has 0 radical (unpaired) electrons. The molecule has 0 aliphatic heterocycles. The van der Waals surface area contributed by atoms with Crippen LogP contribution in [-0.4, -0.2) is 96.2 Å². The van der Waals surface area contributed by atoms with E-state index in [2.05, 4.69) is 85.6 Å². The fourth-order valence-electron chi connectivity index (χ4n) is 5.26. The number of aliphatic hydroxyl groups excluding tert-OH is 2. The second-order valence-electron chi connectivity index (χ2n) is 14.7. The summed E-state index contributed by atoms with van der Waals surface area (Å²) in [6.45, 7) is 32.8. The number of esters is 2. The maximum absolute atomic E-state index is 12.2. The molecule has 16 heteroatoms. The predicted molar refractivity (Wildman–Crippen MR) is 194 cm³/mol. The molecule has 0 aromatic carbocycles. The summed E-state index contributed by atoms with van der Waals surface area (Å²) in [4.78, 5) is 24.4. The number of hydrogen-bond acceptors (Lipinski definition) is 11. The first-order chi connectivity index (χ1) is 20.7. The number of rotatable bonds is 24. The van der Waals surface area contributed by atoms with Crippen LogP contribution >= 0.6 is 0 Å². The van der Waals surface area contributed by atoms with Gasteiger partial charge in [0.15, 0.2) is 16.6 Å². The van der Waals surface area contributed by atoms with Crippen molar-refractivity contribution in [2.75, 3.05) is 19.8 Å². The Morgan fingerprint density at radius 1 is 0.717 bits per heavy atom. The van der Waals surface area contributed by atoms with Crippen molar-refractivity contribution in [3.63, 3.8) is 0 Å². The van der Waals surface area contributed by atoms with Crippen molar-refractivity contribution >= 4 is 54.3 Å². The highest BCUT2D eigenvalue weighted by molar-refractivity contribution is 6.90. The molecule has 0 aromatic heterocycles. The molecule has 1 atom stereocenters. The van der Waals surface area contributed by atoms with Gasteiger partial charge in [0.25, 0.3) is 5.79 Å². The van der Waals surface area contributed by atoms with Gasteiger partial charge in [0, 0.05) is 17.8 Å². The highest BCUT2D eigenvalue weighted by Gasteiger charge is 2.46. The first-order valence-electron chi connectivity index (χ1n) is 16.2. The molecule has 1 unspecified atom stereocenters. The summed E-state index contributed by atoms with van der Waals surface area (Å²) >= 11 is 0. The van der Waals surface area contributed by atoms with Gasteiger partial charge in [-0.15, -0.1) is 0 Å². The lowest BCUT2D eigenvalue weighted by molar-refractivity contribution is -0.246. The number of aliphatic hydroxyl groups is 2. The van der Waals surface area contributed by atoms with Crippen molar-refractivity contribution in [1.82, 2.24) is 0 Å². The van der Waals surface area contributed by atoms with E-state index in [-0.39, 0.29) is 17.8 Å². The zero-order chi connectivity index (χ0) is 36.2. The molecule has 0 aromatic rings. The van der Waals surface area contributed by atoms with E-state index in [0.29, 0.717) is 13.0 Å². The van der Waals surface area contributed by atoms with Gasteiger partial charge in [0.05, 0.1) is 19.1 Å². The largest absolute Gasteiger partial charge is 0.436 e. The van der Waals surface area contributed by atoms with Crippen LogP contribution in [0.1, 0.15) is 46.5 Å². The maximum atomic E-state index is 12.2. The summed E-state index contributed by atoms with van der Waals surface area (Å²) < 4.78 is 42.8. The minimum absolute atomic E-state index is 0.0436. The average molecular weight is 741 g/mol. The third-order valence-corrected chi connectivity index (χ3v) is 25.9. The molecule has 2 N–H and O–H groups in total. The van der Waals surface area contributed by atoms with Crippen molar-refractivity contribution in [3.05, 3.63) is 24.3 Å². The molecular weight excluding hydrogens is 677 g/mol. The first kappa shape index (κ1) is 45.2. The molecule has 0 saturated carbocycles. The van der Waals surface area contributed by atoms with E-state index >= 15 is 0 Å². The molecule has 11 nitrogen and oxygen atoms in total. The highest BCUT2D eigenvalue weighted by Crippen LogP contribution is 2.29. The third-order valence-electron chi connectivity index (χ3n) is 6.58. The Hall–Kier alpha value is -0.776. The van der Waals surface area contributed by atoms with E-state index in [1.54, 1.807) is 0 Å². The quantitative estimate of drug-likeness (QED) is 0.0371. The van der Waals surface area contributed by atoms with Crippen LogP contribution in [0.25, 0.3) is 0 Å². The Morgan fingerprint density at radius 2 is 1.11 bits per heavy atom. The monoisotopic (exact) mass is 740 g/mol. The smallest absolute Gasteiger partial charge is 0.336 e. The van der Waals surface area contributed by atoms with Gasteiger partial charge in [-0.3, -0.25) is 0 Å². The van der Waals surface area contributed by atoms with Gasteiger partial charge in [0.2, 0.25) is 0 Å². The SMILES string of the molecule is C=C(C)C(=O)OC(CO)(CC(O)COCCC[Si](C)(C)O[Si](C)(C)O[Si](C)(C)O[Si](C)(C)O[Si](C)(C)CCCC)OC(=O)C(=C)C. The normalized spacial score (nSPS) is 14.2. The van der Waals surface area contributed by atoms with Crippen molar-refractivity contribution in [2.24, 2.45) is 0 Å². The van der Waals surface area contributed by atoms with E-state index in [1.165, 1.54) is 20.3 Å². The average Bonchev–Trinajstić information content (AvgIpc) is 2.83. The third kappa shape index (κ3) is 19.3. The van der Waals surface area contributed by atoms with Gasteiger partial charge < -0.3 is 40.9 Å². The molecule has 0 saturated heterocycles. The van der Waals surface area contributed by atoms with Crippen LogP contribution in [0.15, 0.2) is 24.3 Å². The number of ether oxygens (including phenoxy) is 3. The summed E-state index contributed by atoms with van der Waals surface area (Å²) in [5, 5.41) is 20.6. The second kappa shape index (κ2) is 18.8. The Morgan fingerprint density at radius 3 is 1.48 bits per heavy atom. The second-order valence-corrected chi connectivity index (χ2v) is 34.4. The van der Waals surface area contributed by atoms with E-state index in [0.717, 1.165) is 18.5 Å². The van der Waals surface area contributed by atoms with Crippen molar-refractivity contribution < 1.29 is 50.5 Å². The predicted octanol–water partition coefficient (Wildman–Crippen LogP) is 6.45. The Bertz CT molecular complexity index is 987. The molecule has 0 amide bonds. The minimum Gasteiger partial charge on any atom is -0.436 e. The number of unbranched alkanes of at least 4 members (excludes halogenated alkanes) is 1. The Kier molecular flexibility index (Phi) is 18.5. The molecule has 0 heterocycles. The summed E-state index contributed by atoms with van der Waals surface area (Å²) in [6.07, 6.45) is 1.43. The van der Waals surface area contributed by atoms with Crippen LogP contribution < -0.4 is 0 Å². The van der Waals surface area contributed by atoms with Gasteiger partial charge in [-0.25, -0.2) is 9.59 Å². The molecule has 0 bridgehead atoms. The van der Waals surface area contributed by atoms with Gasteiger partial charge in [0.1, 0.15) is 6.61 Å². The number of hydrogen-bond donors (Lipinski definition) is 2. The first-order valence-corrected chi connectivity index (χ1v) is 30.8. The number of carbonyl (C=O) groups is 2. The molecule has 270 valence electrons. The van der Waals surface area contributed by atoms with Crippen LogP contribution in [0.3, 0.4) is 0 Å². The fraction of sp³-hybridized carbons (Fsp3) is 0.800. The lowest BCUT2D eigenvalue weighted by atomic mass is 10.1. The van der Waals surface area contributed by atoms with E-state index in [1.807, 2.05) is 0 Å². The van der Waals surface area contributed by atoms with Crippen LogP contribution in [-0.2, 0) is 40.3 Å². The zero-order valence-corrected chi connectivity index (χ0v) is 35.9. The minimum atomic E-state index is -2.54. The number of carbonyl (C=O) groups excluding carboxylic acids is 2. The standard InChI is InChI=1S/C30H64O11Si5/c1-16-17-20-42(6,7)38-44(10,11)40-46(14,15)41-45(12,13)39-43(8,9)21-18-19-35-23-27(32)22-30(24-31,36-28(33)25(2)3)37-29(34)26(4)5/h27,31-32H,2,4,16-24H2,1,3,5-15H3. The van der Waals surface area contributed by atoms with Gasteiger partial charge in [-0.05, 0) is 97.8 Å². The molecule has 0 spiro atoms. The molecule has 0 rings (SSSR count). The Labute approximate surface area is 284 Å². The summed E-state index contributed by atoms with van der Waals surface area (Å²) in [7, 11) is -11.4. The van der Waals surface area contributed by atoms with E-state index < -0.39 is 79.2 Å². The maximum Gasteiger partial charge on any atom is 0.336 e. The molecular formula is C30H64O11Si5. The molecule has 0 fully saturated rings. The summed E-state index contributed by atoms with van der Waals surface area (Å²) in [5.41, 5.74) is 0.0872. The molecule has 46 heavy (non-hydrogen) atoms. The lowest BCUT2D eigenvalue weighted by Gasteiger charge is -2.42. The fourth-order valence-corrected chi connectivity index (χ4v) is 30.0. The van der Waals surface area contributed by atoms with Crippen LogP contribution in [0.5, 0.6) is 0 Å². The van der Waals surface area contributed by atoms with Crippen LogP contribution in [0.4, 0.5) is 0 Å². The van der Waals surface area contributed by atoms with Crippen LogP contribution in [0.2, 0.25) is 77.6 Å². The van der Waals surface area contributed by atoms with Crippen molar-refractivity contribution in [2.45, 2.75) is 136 Å². The van der Waals surface area contributed by atoms with Gasteiger partial charge in [-0.1, -0.05) is 32.9 Å². The lowest BCUT2D eigenvalue weighted by Crippen LogP contribution is -2.58. The highest BCUT2D eigenvalue weighted by atomic mass is 28.5. The van der Waals surface area contributed by atoms with E-state index in [4.69, 9.17) is 30.7 Å². The zero-order valence-electron chi connectivity index (χ0n) is 30.9. The van der Waals surface area contributed by atoms with Gasteiger partial charge in [-0.2, -0.15) is 0 Å². The van der Waals surface area contributed by atoms with Crippen molar-refractivity contribution in [3.8, 4) is 0 Å². The Balaban J connectivity index is 5.05. The van der Waals surface area contributed by atoms with E-state index in [9.17, 15) is 19.8 Å². The topological polar surface area (TPSA) is 139 Å². The molecule has 0 aliphatic carbocycles. The van der Waals surface area contributed by atoms with Crippen molar-refractivity contribution in [1.29, 1.82) is 0 Å². The van der Waals surface area contributed by atoms with Gasteiger partial charge >= 0.3 is 37.6 Å². The summed E-state index contributed by atoms with van der Waals surface area (Å²) in [5.74, 6) is -3.85.